The van der Waals surface area contributed by atoms with Crippen LogP contribution in [-0.2, 0) is 12.9 Å². The van der Waals surface area contributed by atoms with Crippen molar-refractivity contribution in [3.05, 3.63) is 29.1 Å². The van der Waals surface area contributed by atoms with Gasteiger partial charge in [-0.25, -0.2) is 4.39 Å². The average Bonchev–Trinajstić information content (AvgIpc) is 2.48. The van der Waals surface area contributed by atoms with E-state index in [-0.39, 0.29) is 17.7 Å². The molecule has 0 aliphatic carbocycles. The van der Waals surface area contributed by atoms with E-state index in [0.717, 1.165) is 0 Å². The number of benzene rings is 1. The highest BCUT2D eigenvalue weighted by Crippen LogP contribution is 2.29. The summed E-state index contributed by atoms with van der Waals surface area (Å²) in [7, 11) is 0. The second-order valence-electron chi connectivity index (χ2n) is 2.52. The predicted molar refractivity (Wildman–Crippen MR) is 43.5 cm³/mol. The Morgan fingerprint density at radius 3 is 3.50 bits per heavy atom. The van der Waals surface area contributed by atoms with E-state index in [1.807, 2.05) is 0 Å². The van der Waals surface area contributed by atoms with Gasteiger partial charge in [-0.05, 0) is 12.1 Å². The Morgan fingerprint density at radius 2 is 2.67 bits per heavy atom. The molecule has 1 heterocycles. The third kappa shape index (κ3) is 0.975. The predicted octanol–water partition coefficient (Wildman–Crippen LogP) is 1.22. The van der Waals surface area contributed by atoms with Crippen LogP contribution in [0.2, 0.25) is 2.82 Å². The molecule has 0 fully saturated rings. The lowest BCUT2D eigenvalue weighted by Crippen LogP contribution is -2.03. The quantitative estimate of drug-likeness (QED) is 0.726. The van der Waals surface area contributed by atoms with Crippen molar-refractivity contribution in [1.82, 2.24) is 0 Å². The van der Waals surface area contributed by atoms with Crippen LogP contribution in [-0.4, -0.2) is 6.58 Å². The van der Waals surface area contributed by atoms with E-state index < -0.39 is 18.8 Å². The second kappa shape index (κ2) is 2.75. The summed E-state index contributed by atoms with van der Waals surface area (Å²) in [5.74, 6) is -0.267. The summed E-state index contributed by atoms with van der Waals surface area (Å²) in [5.41, 5.74) is 0.713. The molecule has 1 aromatic carbocycles. The Hall–Kier alpha value is -1.09. The summed E-state index contributed by atoms with van der Waals surface area (Å²) in [6.07, 6.45) is -0.986. The van der Waals surface area contributed by atoms with E-state index in [9.17, 15) is 4.39 Å². The van der Waals surface area contributed by atoms with Crippen molar-refractivity contribution in [2.24, 2.45) is 5.72 Å². The molecule has 1 aliphatic rings. The minimum Gasteiger partial charge on any atom is -0.493 e. The van der Waals surface area contributed by atoms with Gasteiger partial charge in [0.15, 0.2) is 0 Å². The highest BCUT2D eigenvalue weighted by molar-refractivity contribution is 5.43. The molecule has 2 rings (SSSR count). The van der Waals surface area contributed by atoms with Gasteiger partial charge in [-0.2, -0.15) is 0 Å². The molecule has 12 heavy (non-hydrogen) atoms. The summed E-state index contributed by atoms with van der Waals surface area (Å²) in [4.78, 5) is 0. The smallest absolute Gasteiger partial charge is 0.128 e. The fraction of sp³-hybridized carbons (Fsp3) is 0.333. The molecule has 0 spiro atoms. The minimum absolute atomic E-state index is 0.0947. The van der Waals surface area contributed by atoms with Crippen molar-refractivity contribution >= 4 is 0 Å². The van der Waals surface area contributed by atoms with Crippen LogP contribution in [0, 0.1) is 5.82 Å². The van der Waals surface area contributed by atoms with Crippen LogP contribution in [0.3, 0.4) is 0 Å². The zero-order valence-corrected chi connectivity index (χ0v) is 6.25. The molecule has 2 N–H and O–H groups in total. The van der Waals surface area contributed by atoms with E-state index >= 15 is 0 Å². The Balaban J connectivity index is 2.48. The van der Waals surface area contributed by atoms with E-state index in [1.165, 1.54) is 12.1 Å². The summed E-state index contributed by atoms with van der Waals surface area (Å²) in [6, 6.07) is 2.55. The van der Waals surface area contributed by atoms with E-state index in [0.29, 0.717) is 11.5 Å². The Labute approximate surface area is 75.9 Å². The first-order chi connectivity index (χ1) is 7.50. The van der Waals surface area contributed by atoms with Gasteiger partial charge in [0.05, 0.1) is 7.95 Å². The van der Waals surface area contributed by atoms with Gasteiger partial charge in [-0.3, -0.25) is 0 Å². The number of hydrogen-bond donors (Lipinski definition) is 1. The van der Waals surface area contributed by atoms with E-state index in [1.54, 1.807) is 0 Å². The maximum atomic E-state index is 13.5. The highest BCUT2D eigenvalue weighted by atomic mass is 19.1. The van der Waals surface area contributed by atoms with Crippen LogP contribution in [0.4, 0.5) is 4.39 Å². The van der Waals surface area contributed by atoms with Crippen LogP contribution in [0.5, 0.6) is 5.75 Å². The molecule has 64 valence electrons. The number of halogens is 1. The Kier molecular flexibility index (Phi) is 0.970. The van der Waals surface area contributed by atoms with Crippen molar-refractivity contribution in [3.63, 3.8) is 0 Å². The number of nitrogens with two attached hydrogens (primary N) is 1. The lowest BCUT2D eigenvalue weighted by Gasteiger charge is -2.04. The van der Waals surface area contributed by atoms with Crippen LogP contribution in [0.1, 0.15) is 13.9 Å². The molecule has 1 aliphatic heterocycles. The molecule has 0 aromatic heterocycles. The molecule has 2 nitrogen and oxygen atoms in total. The van der Waals surface area contributed by atoms with Gasteiger partial charge < -0.3 is 10.5 Å². The van der Waals surface area contributed by atoms with Gasteiger partial charge in [0.25, 0.3) is 0 Å². The van der Waals surface area contributed by atoms with Crippen LogP contribution in [0.15, 0.2) is 12.1 Å². The maximum absolute atomic E-state index is 13.5. The molecule has 3 heteroatoms. The largest absolute Gasteiger partial charge is 0.493 e. The third-order valence-electron chi connectivity index (χ3n) is 1.85. The van der Waals surface area contributed by atoms with Crippen molar-refractivity contribution in [3.8, 4) is 5.75 Å². The standard InChI is InChI=1S/C9H10FNO/c10-8-1-2-9-6(3-4-12-9)7(8)5-11/h1-2H,3-5,11H2/i3D,4D/hD2. The highest BCUT2D eigenvalue weighted by Gasteiger charge is 2.17. The van der Waals surface area contributed by atoms with Crippen LogP contribution < -0.4 is 10.5 Å². The van der Waals surface area contributed by atoms with Gasteiger partial charge in [0.2, 0.25) is 0 Å². The lowest BCUT2D eigenvalue weighted by atomic mass is 10.0. The summed E-state index contributed by atoms with van der Waals surface area (Å²) < 4.78 is 47.6. The minimum atomic E-state index is -1.07. The molecule has 0 saturated heterocycles. The number of hydrogen-bond acceptors (Lipinski definition) is 2. The first-order valence-electron chi connectivity index (χ1n) is 5.63. The van der Waals surface area contributed by atoms with Crippen molar-refractivity contribution in [2.45, 2.75) is 12.9 Å². The van der Waals surface area contributed by atoms with Crippen molar-refractivity contribution in [1.29, 1.82) is 0 Å². The first-order valence-corrected chi connectivity index (χ1v) is 3.58. The Bertz CT molecular complexity index is 415. The molecule has 2 atom stereocenters. The fourth-order valence-electron chi connectivity index (χ4n) is 1.24. The zero-order chi connectivity index (χ0) is 11.9. The van der Waals surface area contributed by atoms with Crippen LogP contribution in [0.25, 0.3) is 0 Å². The lowest BCUT2D eigenvalue weighted by molar-refractivity contribution is 0.356. The average molecular weight is 171 g/mol. The van der Waals surface area contributed by atoms with Crippen molar-refractivity contribution < 1.29 is 14.7 Å². The molecule has 0 radical (unpaired) electrons. The number of fused-ring (bicyclic) bond motifs is 1. The summed E-state index contributed by atoms with van der Waals surface area (Å²) >= 11 is 0. The zero-order valence-electron chi connectivity index (χ0n) is 10.2. The molecule has 1 aromatic rings. The van der Waals surface area contributed by atoms with E-state index in [2.05, 4.69) is 0 Å². The Morgan fingerprint density at radius 1 is 1.75 bits per heavy atom. The summed E-state index contributed by atoms with van der Waals surface area (Å²) in [6.45, 7) is -1.32. The van der Waals surface area contributed by atoms with Crippen molar-refractivity contribution in [2.75, 3.05) is 6.58 Å². The second-order valence-corrected chi connectivity index (χ2v) is 2.52. The maximum Gasteiger partial charge on any atom is 0.128 e. The van der Waals surface area contributed by atoms with Gasteiger partial charge in [-0.1, -0.05) is 0 Å². The molecule has 0 saturated carbocycles. The topological polar surface area (TPSA) is 35.2 Å². The monoisotopic (exact) mass is 171 g/mol. The van der Waals surface area contributed by atoms with Gasteiger partial charge in [-0.15, -0.1) is 0 Å². The molecule has 2 unspecified atom stereocenters. The number of rotatable bonds is 2. The fourth-order valence-corrected chi connectivity index (χ4v) is 1.24. The van der Waals surface area contributed by atoms with E-state index in [4.69, 9.17) is 10.3 Å². The van der Waals surface area contributed by atoms with Gasteiger partial charge >= 0.3 is 0 Å². The first kappa shape index (κ1) is 4.23. The summed E-state index contributed by atoms with van der Waals surface area (Å²) in [5, 5.41) is 0. The molecular formula is C9H10FNO. The molecular weight excluding hydrogens is 157 g/mol. The molecule has 0 amide bonds. The normalized spacial score (nSPS) is 31.5. The van der Waals surface area contributed by atoms with Gasteiger partial charge in [0, 0.05) is 25.4 Å². The third-order valence-corrected chi connectivity index (χ3v) is 1.85. The van der Waals surface area contributed by atoms with Crippen LogP contribution >= 0.6 is 0 Å². The SMILES string of the molecule is [2H]C1Oc2ccc(F)c(CN([2H])[2H])c2C1[2H]. The molecule has 0 bridgehead atoms. The van der Waals surface area contributed by atoms with Gasteiger partial charge in [0.1, 0.15) is 14.4 Å². The number of ether oxygens (including phenoxy) is 1.